The van der Waals surface area contributed by atoms with Crippen molar-refractivity contribution in [3.8, 4) is 0 Å². The largest absolute Gasteiger partial charge is 0.369 e. The standard InChI is InChI=1S/C13H21ClN2/c1-4-5-6-9-16(11(2)3)12-7-8-15-13(14)10-12/h7-8,10-11H,4-6,9H2,1-3H3. The van der Waals surface area contributed by atoms with Gasteiger partial charge in [0, 0.05) is 24.5 Å². The Balaban J connectivity index is 2.69. The summed E-state index contributed by atoms with van der Waals surface area (Å²) in [6.45, 7) is 7.73. The maximum atomic E-state index is 5.92. The van der Waals surface area contributed by atoms with E-state index in [4.69, 9.17) is 11.6 Å². The van der Waals surface area contributed by atoms with Crippen molar-refractivity contribution in [1.29, 1.82) is 0 Å². The highest BCUT2D eigenvalue weighted by Gasteiger charge is 2.10. The monoisotopic (exact) mass is 240 g/mol. The predicted molar refractivity (Wildman–Crippen MR) is 71.3 cm³/mol. The fourth-order valence-electron chi connectivity index (χ4n) is 1.79. The lowest BCUT2D eigenvalue weighted by molar-refractivity contribution is 0.626. The molecule has 0 aromatic carbocycles. The van der Waals surface area contributed by atoms with Crippen LogP contribution in [0.2, 0.25) is 5.15 Å². The van der Waals surface area contributed by atoms with Gasteiger partial charge in [0.05, 0.1) is 0 Å². The van der Waals surface area contributed by atoms with Gasteiger partial charge in [-0.3, -0.25) is 0 Å². The van der Waals surface area contributed by atoms with Crippen molar-refractivity contribution in [2.24, 2.45) is 0 Å². The number of hydrogen-bond donors (Lipinski definition) is 0. The van der Waals surface area contributed by atoms with E-state index >= 15 is 0 Å². The number of hydrogen-bond acceptors (Lipinski definition) is 2. The van der Waals surface area contributed by atoms with Gasteiger partial charge in [-0.1, -0.05) is 31.4 Å². The molecule has 0 fully saturated rings. The van der Waals surface area contributed by atoms with E-state index in [1.807, 2.05) is 12.1 Å². The molecule has 16 heavy (non-hydrogen) atoms. The summed E-state index contributed by atoms with van der Waals surface area (Å²) in [4.78, 5) is 6.39. The van der Waals surface area contributed by atoms with Crippen LogP contribution in [-0.4, -0.2) is 17.6 Å². The molecule has 90 valence electrons. The fourth-order valence-corrected chi connectivity index (χ4v) is 1.96. The van der Waals surface area contributed by atoms with E-state index in [-0.39, 0.29) is 0 Å². The summed E-state index contributed by atoms with van der Waals surface area (Å²) in [6.07, 6.45) is 5.53. The van der Waals surface area contributed by atoms with Crippen LogP contribution in [0.4, 0.5) is 5.69 Å². The lowest BCUT2D eigenvalue weighted by atomic mass is 10.2. The second-order valence-electron chi connectivity index (χ2n) is 4.33. The Hall–Kier alpha value is -0.760. The van der Waals surface area contributed by atoms with Gasteiger partial charge in [0.25, 0.3) is 0 Å². The summed E-state index contributed by atoms with van der Waals surface area (Å²) in [5, 5.41) is 0.568. The zero-order valence-electron chi connectivity index (χ0n) is 10.4. The van der Waals surface area contributed by atoms with Crippen LogP contribution in [0.25, 0.3) is 0 Å². The number of nitrogens with zero attached hydrogens (tertiary/aromatic N) is 2. The molecule has 1 heterocycles. The average Bonchev–Trinajstić information content (AvgIpc) is 2.24. The Morgan fingerprint density at radius 3 is 2.69 bits per heavy atom. The highest BCUT2D eigenvalue weighted by molar-refractivity contribution is 6.29. The molecule has 0 aliphatic rings. The first kappa shape index (κ1) is 13.3. The van der Waals surface area contributed by atoms with Gasteiger partial charge in [0.15, 0.2) is 0 Å². The van der Waals surface area contributed by atoms with E-state index in [1.54, 1.807) is 6.20 Å². The molecule has 0 bridgehead atoms. The Kier molecular flexibility index (Phi) is 5.61. The number of pyridine rings is 1. The molecule has 0 radical (unpaired) electrons. The number of rotatable bonds is 6. The van der Waals surface area contributed by atoms with Crippen LogP contribution in [0.5, 0.6) is 0 Å². The van der Waals surface area contributed by atoms with Gasteiger partial charge >= 0.3 is 0 Å². The smallest absolute Gasteiger partial charge is 0.131 e. The van der Waals surface area contributed by atoms with Gasteiger partial charge in [0.1, 0.15) is 5.15 Å². The first-order valence-corrected chi connectivity index (χ1v) is 6.41. The zero-order chi connectivity index (χ0) is 12.0. The highest BCUT2D eigenvalue weighted by Crippen LogP contribution is 2.20. The first-order valence-electron chi connectivity index (χ1n) is 6.03. The van der Waals surface area contributed by atoms with Gasteiger partial charge in [-0.15, -0.1) is 0 Å². The molecular weight excluding hydrogens is 220 g/mol. The minimum absolute atomic E-state index is 0.496. The van der Waals surface area contributed by atoms with E-state index in [2.05, 4.69) is 30.7 Å². The first-order chi connectivity index (χ1) is 7.65. The number of aromatic nitrogens is 1. The highest BCUT2D eigenvalue weighted by atomic mass is 35.5. The van der Waals surface area contributed by atoms with Gasteiger partial charge in [-0.05, 0) is 32.4 Å². The average molecular weight is 241 g/mol. The van der Waals surface area contributed by atoms with Crippen LogP contribution in [0.1, 0.15) is 40.0 Å². The molecule has 0 saturated heterocycles. The van der Waals surface area contributed by atoms with Crippen molar-refractivity contribution in [3.63, 3.8) is 0 Å². The van der Waals surface area contributed by atoms with Gasteiger partial charge in [-0.25, -0.2) is 4.98 Å². The van der Waals surface area contributed by atoms with Crippen molar-refractivity contribution < 1.29 is 0 Å². The van der Waals surface area contributed by atoms with Crippen molar-refractivity contribution in [2.45, 2.75) is 46.1 Å². The third-order valence-corrected chi connectivity index (χ3v) is 2.87. The van der Waals surface area contributed by atoms with Crippen LogP contribution in [0.3, 0.4) is 0 Å². The summed E-state index contributed by atoms with van der Waals surface area (Å²) in [7, 11) is 0. The predicted octanol–water partition coefficient (Wildman–Crippen LogP) is 4.14. The topological polar surface area (TPSA) is 16.1 Å². The van der Waals surface area contributed by atoms with Crippen LogP contribution in [-0.2, 0) is 0 Å². The number of halogens is 1. The SMILES string of the molecule is CCCCCN(c1ccnc(Cl)c1)C(C)C. The summed E-state index contributed by atoms with van der Waals surface area (Å²) in [6, 6.07) is 4.46. The Morgan fingerprint density at radius 1 is 1.38 bits per heavy atom. The van der Waals surface area contributed by atoms with Crippen molar-refractivity contribution in [3.05, 3.63) is 23.5 Å². The maximum absolute atomic E-state index is 5.92. The molecule has 2 nitrogen and oxygen atoms in total. The fraction of sp³-hybridized carbons (Fsp3) is 0.615. The van der Waals surface area contributed by atoms with Gasteiger partial charge in [0.2, 0.25) is 0 Å². The minimum Gasteiger partial charge on any atom is -0.369 e. The molecule has 0 aliphatic heterocycles. The quantitative estimate of drug-likeness (QED) is 0.549. The summed E-state index contributed by atoms with van der Waals surface area (Å²) in [5.41, 5.74) is 1.17. The van der Waals surface area contributed by atoms with Crippen molar-refractivity contribution in [1.82, 2.24) is 4.98 Å². The summed E-state index contributed by atoms with van der Waals surface area (Å²) < 4.78 is 0. The lowest BCUT2D eigenvalue weighted by Crippen LogP contribution is -2.31. The number of anilines is 1. The molecule has 1 rings (SSSR count). The van der Waals surface area contributed by atoms with E-state index in [0.717, 1.165) is 6.54 Å². The molecule has 3 heteroatoms. The Morgan fingerprint density at radius 2 is 2.12 bits per heavy atom. The van der Waals surface area contributed by atoms with Crippen molar-refractivity contribution >= 4 is 17.3 Å². The van der Waals surface area contributed by atoms with Crippen LogP contribution < -0.4 is 4.90 Å². The molecule has 1 aromatic rings. The molecule has 0 amide bonds. The third-order valence-electron chi connectivity index (χ3n) is 2.67. The molecule has 1 aromatic heterocycles. The second-order valence-corrected chi connectivity index (χ2v) is 4.72. The van der Waals surface area contributed by atoms with Gasteiger partial charge < -0.3 is 4.90 Å². The summed E-state index contributed by atoms with van der Waals surface area (Å²) >= 11 is 5.92. The molecule has 0 saturated carbocycles. The Bertz CT molecular complexity index is 313. The van der Waals surface area contributed by atoms with E-state index < -0.39 is 0 Å². The number of unbranched alkanes of at least 4 members (excludes halogenated alkanes) is 2. The zero-order valence-corrected chi connectivity index (χ0v) is 11.2. The van der Waals surface area contributed by atoms with Crippen LogP contribution in [0, 0.1) is 0 Å². The normalized spacial score (nSPS) is 10.8. The maximum Gasteiger partial charge on any atom is 0.131 e. The summed E-state index contributed by atoms with van der Waals surface area (Å²) in [5.74, 6) is 0. The van der Waals surface area contributed by atoms with Crippen LogP contribution >= 0.6 is 11.6 Å². The van der Waals surface area contributed by atoms with E-state index in [0.29, 0.717) is 11.2 Å². The molecule has 0 aliphatic carbocycles. The molecule has 0 spiro atoms. The molecule has 0 atom stereocenters. The van der Waals surface area contributed by atoms with E-state index in [9.17, 15) is 0 Å². The third kappa shape index (κ3) is 4.01. The Labute approximate surface area is 104 Å². The molecule has 0 unspecified atom stereocenters. The lowest BCUT2D eigenvalue weighted by Gasteiger charge is -2.29. The van der Waals surface area contributed by atoms with Crippen LogP contribution in [0.15, 0.2) is 18.3 Å². The molecule has 0 N–H and O–H groups in total. The van der Waals surface area contributed by atoms with Gasteiger partial charge in [-0.2, -0.15) is 0 Å². The van der Waals surface area contributed by atoms with E-state index in [1.165, 1.54) is 24.9 Å². The molecular formula is C13H21ClN2. The minimum atomic E-state index is 0.496. The van der Waals surface area contributed by atoms with Crippen molar-refractivity contribution in [2.75, 3.05) is 11.4 Å². The second kappa shape index (κ2) is 6.74.